The summed E-state index contributed by atoms with van der Waals surface area (Å²) in [5.74, 6) is -1.24. The van der Waals surface area contributed by atoms with Crippen LogP contribution in [0.15, 0.2) is 53.4 Å². The minimum absolute atomic E-state index is 0.00206. The van der Waals surface area contributed by atoms with Crippen LogP contribution >= 0.6 is 0 Å². The van der Waals surface area contributed by atoms with Crippen LogP contribution in [0.4, 0.5) is 0 Å². The number of nitrogens with zero attached hydrogens (tertiary/aromatic N) is 2. The molecule has 0 aliphatic carbocycles. The monoisotopic (exact) mass is 500 g/mol. The summed E-state index contributed by atoms with van der Waals surface area (Å²) >= 11 is 0. The van der Waals surface area contributed by atoms with E-state index in [1.54, 1.807) is 55.4 Å². The van der Waals surface area contributed by atoms with Gasteiger partial charge in [0.15, 0.2) is 0 Å². The lowest BCUT2D eigenvalue weighted by Crippen LogP contribution is -2.50. The topological polar surface area (TPSA) is 138 Å². The second kappa shape index (κ2) is 11.0. The summed E-state index contributed by atoms with van der Waals surface area (Å²) in [4.78, 5) is 30.9. The molecular formula is C24H28N4O6S. The molecule has 2 N–H and O–H groups in total. The SMILES string of the molecule is COC(=O)[C@H](CNC(=O)CC1(c2ccc(C#N)cc2)CCON1C)NS(=O)(=O)c1cccc(C)c1. The highest BCUT2D eigenvalue weighted by atomic mass is 32.2. The number of rotatable bonds is 9. The Hall–Kier alpha value is -3.30. The van der Waals surface area contributed by atoms with Crippen molar-refractivity contribution < 1.29 is 27.6 Å². The number of esters is 1. The van der Waals surface area contributed by atoms with Gasteiger partial charge in [-0.25, -0.2) is 8.42 Å². The molecule has 0 bridgehead atoms. The molecule has 1 amide bonds. The standard InChI is InChI=1S/C24H28N4O6S/c1-17-5-4-6-20(13-17)35(31,32)27-21(23(30)33-3)16-26-22(29)14-24(11-12-34-28(24)2)19-9-7-18(15-25)8-10-19/h4-10,13,21,27H,11-12,14,16H2,1-3H3,(H,26,29)/t21-,24?/m0/s1. The number of carbonyl (C=O) groups is 2. The third kappa shape index (κ3) is 6.04. The number of hydroxylamine groups is 2. The van der Waals surface area contributed by atoms with Crippen molar-refractivity contribution in [1.29, 1.82) is 5.26 Å². The zero-order chi connectivity index (χ0) is 25.6. The van der Waals surface area contributed by atoms with Crippen molar-refractivity contribution >= 4 is 21.9 Å². The first kappa shape index (κ1) is 26.3. The van der Waals surface area contributed by atoms with Gasteiger partial charge in [-0.3, -0.25) is 14.4 Å². The van der Waals surface area contributed by atoms with E-state index in [-0.39, 0.29) is 17.9 Å². The summed E-state index contributed by atoms with van der Waals surface area (Å²) in [5.41, 5.74) is 1.26. The highest BCUT2D eigenvalue weighted by Crippen LogP contribution is 2.39. The molecule has 1 fully saturated rings. The fourth-order valence-corrected chi connectivity index (χ4v) is 5.30. The second-order valence-electron chi connectivity index (χ2n) is 8.30. The molecule has 2 aromatic carbocycles. The first-order chi connectivity index (χ1) is 16.6. The fraction of sp³-hybridized carbons (Fsp3) is 0.375. The maximum absolute atomic E-state index is 13.0. The summed E-state index contributed by atoms with van der Waals surface area (Å²) in [6, 6.07) is 13.9. The molecule has 10 nitrogen and oxygen atoms in total. The van der Waals surface area contributed by atoms with Crippen molar-refractivity contribution in [3.8, 4) is 6.07 Å². The molecule has 2 atom stereocenters. The summed E-state index contributed by atoms with van der Waals surface area (Å²) in [6.07, 6.45) is 0.525. The Labute approximate surface area is 204 Å². The van der Waals surface area contributed by atoms with E-state index in [0.717, 1.165) is 18.2 Å². The lowest BCUT2D eigenvalue weighted by Gasteiger charge is -2.34. The largest absolute Gasteiger partial charge is 0.468 e. The highest BCUT2D eigenvalue weighted by Gasteiger charge is 2.44. The summed E-state index contributed by atoms with van der Waals surface area (Å²) in [6.45, 7) is 1.86. The van der Waals surface area contributed by atoms with Gasteiger partial charge in [0.1, 0.15) is 6.04 Å². The van der Waals surface area contributed by atoms with Gasteiger partial charge in [-0.15, -0.1) is 0 Å². The number of carbonyl (C=O) groups excluding carboxylic acids is 2. The molecule has 0 aromatic heterocycles. The Morgan fingerprint density at radius 3 is 2.54 bits per heavy atom. The molecule has 1 heterocycles. The average molecular weight is 501 g/mol. The molecule has 1 saturated heterocycles. The van der Waals surface area contributed by atoms with E-state index in [1.807, 2.05) is 0 Å². The van der Waals surface area contributed by atoms with E-state index in [0.29, 0.717) is 18.6 Å². The van der Waals surface area contributed by atoms with Crippen LogP contribution in [0.2, 0.25) is 0 Å². The molecule has 0 saturated carbocycles. The molecule has 1 aliphatic rings. The lowest BCUT2D eigenvalue weighted by molar-refractivity contribution is -0.155. The van der Waals surface area contributed by atoms with Gasteiger partial charge < -0.3 is 10.1 Å². The van der Waals surface area contributed by atoms with E-state index < -0.39 is 33.5 Å². The maximum atomic E-state index is 13.0. The number of nitriles is 1. The second-order valence-corrected chi connectivity index (χ2v) is 10.0. The first-order valence-corrected chi connectivity index (χ1v) is 12.4. The molecule has 1 aliphatic heterocycles. The predicted molar refractivity (Wildman–Crippen MR) is 126 cm³/mol. The zero-order valence-corrected chi connectivity index (χ0v) is 20.6. The van der Waals surface area contributed by atoms with Gasteiger partial charge in [-0.2, -0.15) is 15.0 Å². The van der Waals surface area contributed by atoms with Gasteiger partial charge in [0.2, 0.25) is 15.9 Å². The maximum Gasteiger partial charge on any atom is 0.325 e. The van der Waals surface area contributed by atoms with Crippen molar-refractivity contribution in [2.45, 2.75) is 36.2 Å². The Balaban J connectivity index is 1.74. The van der Waals surface area contributed by atoms with Crippen molar-refractivity contribution in [2.75, 3.05) is 27.3 Å². The summed E-state index contributed by atoms with van der Waals surface area (Å²) < 4.78 is 32.6. The average Bonchev–Trinajstić information content (AvgIpc) is 3.21. The normalized spacial score (nSPS) is 19.0. The van der Waals surface area contributed by atoms with Gasteiger partial charge >= 0.3 is 5.97 Å². The van der Waals surface area contributed by atoms with Crippen LogP contribution in [0.3, 0.4) is 0 Å². The smallest absolute Gasteiger partial charge is 0.325 e. The quantitative estimate of drug-likeness (QED) is 0.492. The Morgan fingerprint density at radius 1 is 1.26 bits per heavy atom. The molecule has 0 spiro atoms. The van der Waals surface area contributed by atoms with Crippen LogP contribution in [0.25, 0.3) is 0 Å². The number of nitrogens with one attached hydrogen (secondary N) is 2. The molecule has 2 aromatic rings. The number of ether oxygens (including phenoxy) is 1. The van der Waals surface area contributed by atoms with E-state index in [2.05, 4.69) is 16.1 Å². The van der Waals surface area contributed by atoms with E-state index in [1.165, 1.54) is 12.1 Å². The minimum atomic E-state index is -4.03. The predicted octanol–water partition coefficient (Wildman–Crippen LogP) is 1.36. The fourth-order valence-electron chi connectivity index (χ4n) is 4.01. The third-order valence-corrected chi connectivity index (χ3v) is 7.46. The first-order valence-electron chi connectivity index (χ1n) is 10.9. The minimum Gasteiger partial charge on any atom is -0.468 e. The zero-order valence-electron chi connectivity index (χ0n) is 19.8. The number of amides is 1. The Morgan fingerprint density at radius 2 is 1.97 bits per heavy atom. The van der Waals surface area contributed by atoms with Crippen LogP contribution in [0, 0.1) is 18.3 Å². The molecule has 0 radical (unpaired) electrons. The molecule has 35 heavy (non-hydrogen) atoms. The summed E-state index contributed by atoms with van der Waals surface area (Å²) in [5, 5.41) is 13.3. The van der Waals surface area contributed by atoms with Gasteiger partial charge in [0.05, 0.1) is 42.2 Å². The van der Waals surface area contributed by atoms with Crippen molar-refractivity contribution in [2.24, 2.45) is 0 Å². The molecule has 11 heteroatoms. The van der Waals surface area contributed by atoms with Crippen LogP contribution < -0.4 is 10.0 Å². The van der Waals surface area contributed by atoms with Crippen LogP contribution in [-0.2, 0) is 34.7 Å². The van der Waals surface area contributed by atoms with Crippen molar-refractivity contribution in [3.63, 3.8) is 0 Å². The number of methoxy groups -OCH3 is 1. The van der Waals surface area contributed by atoms with Crippen LogP contribution in [0.1, 0.15) is 29.5 Å². The Kier molecular flexibility index (Phi) is 8.24. The Bertz CT molecular complexity index is 1230. The van der Waals surface area contributed by atoms with E-state index in [4.69, 9.17) is 14.8 Å². The molecule has 1 unspecified atom stereocenters. The molecule has 3 rings (SSSR count). The number of benzene rings is 2. The number of aryl methyl sites for hydroxylation is 1. The number of sulfonamides is 1. The number of hydrogen-bond acceptors (Lipinski definition) is 8. The van der Waals surface area contributed by atoms with E-state index >= 15 is 0 Å². The highest BCUT2D eigenvalue weighted by molar-refractivity contribution is 7.89. The van der Waals surface area contributed by atoms with Crippen molar-refractivity contribution in [3.05, 3.63) is 65.2 Å². The van der Waals surface area contributed by atoms with Crippen LogP contribution in [0.5, 0.6) is 0 Å². The molecular weight excluding hydrogens is 472 g/mol. The van der Waals surface area contributed by atoms with Gasteiger partial charge in [-0.1, -0.05) is 24.3 Å². The van der Waals surface area contributed by atoms with Crippen LogP contribution in [-0.4, -0.2) is 58.7 Å². The van der Waals surface area contributed by atoms with Gasteiger partial charge in [0, 0.05) is 13.6 Å². The summed E-state index contributed by atoms with van der Waals surface area (Å²) in [7, 11) is -1.16. The van der Waals surface area contributed by atoms with Crippen molar-refractivity contribution in [1.82, 2.24) is 15.1 Å². The van der Waals surface area contributed by atoms with Gasteiger partial charge in [-0.05, 0) is 48.7 Å². The molecule has 186 valence electrons. The lowest BCUT2D eigenvalue weighted by atomic mass is 9.83. The number of hydrogen-bond donors (Lipinski definition) is 2. The van der Waals surface area contributed by atoms with E-state index in [9.17, 15) is 18.0 Å². The third-order valence-electron chi connectivity index (χ3n) is 5.99. The van der Waals surface area contributed by atoms with Gasteiger partial charge in [0.25, 0.3) is 0 Å².